The fraction of sp³-hybridized carbons (Fsp3) is 0.278. The maximum absolute atomic E-state index is 12.1. The van der Waals surface area contributed by atoms with E-state index in [1.165, 1.54) is 17.7 Å². The molecule has 0 aliphatic carbocycles. The predicted molar refractivity (Wildman–Crippen MR) is 100.0 cm³/mol. The van der Waals surface area contributed by atoms with Crippen molar-refractivity contribution in [2.75, 3.05) is 19.4 Å². The third kappa shape index (κ3) is 7.03. The molecule has 0 aromatic heterocycles. The van der Waals surface area contributed by atoms with Crippen molar-refractivity contribution in [1.82, 2.24) is 10.2 Å². The molecular weight excluding hydrogens is 344 g/mol. The zero-order chi connectivity index (χ0) is 18.2. The number of hydrogen-bond acceptors (Lipinski definition) is 3. The molecule has 0 bridgehead atoms. The second kappa shape index (κ2) is 9.29. The van der Waals surface area contributed by atoms with Gasteiger partial charge in [-0.1, -0.05) is 24.3 Å². The smallest absolute Gasteiger partial charge is 0.387 e. The molecule has 0 atom stereocenters. The van der Waals surface area contributed by atoms with E-state index < -0.39 is 6.61 Å². The molecule has 0 radical (unpaired) electrons. The Morgan fingerprint density at radius 2 is 1.64 bits per heavy atom. The Morgan fingerprint density at radius 3 is 2.20 bits per heavy atom. The van der Waals surface area contributed by atoms with E-state index in [9.17, 15) is 8.78 Å². The van der Waals surface area contributed by atoms with Crippen molar-refractivity contribution in [3.8, 4) is 5.75 Å². The maximum Gasteiger partial charge on any atom is 0.387 e. The normalized spacial score (nSPS) is 10.8. The average Bonchev–Trinajstić information content (AvgIpc) is 2.55. The number of anilines is 1. The largest absolute Gasteiger partial charge is 0.435 e. The van der Waals surface area contributed by atoms with Crippen LogP contribution in [0.2, 0.25) is 0 Å². The van der Waals surface area contributed by atoms with Gasteiger partial charge in [0.15, 0.2) is 5.11 Å². The van der Waals surface area contributed by atoms with Crippen LogP contribution in [0.1, 0.15) is 11.1 Å². The van der Waals surface area contributed by atoms with Gasteiger partial charge in [-0.05, 0) is 61.7 Å². The summed E-state index contributed by atoms with van der Waals surface area (Å²) in [6.07, 6.45) is 0. The van der Waals surface area contributed by atoms with Crippen molar-refractivity contribution in [3.05, 3.63) is 59.7 Å². The first kappa shape index (κ1) is 19.1. The summed E-state index contributed by atoms with van der Waals surface area (Å²) in [6.45, 7) is -1.33. The number of halogens is 2. The van der Waals surface area contributed by atoms with Gasteiger partial charge in [0.1, 0.15) is 5.75 Å². The van der Waals surface area contributed by atoms with Gasteiger partial charge in [0.2, 0.25) is 0 Å². The van der Waals surface area contributed by atoms with E-state index >= 15 is 0 Å². The van der Waals surface area contributed by atoms with E-state index in [1.54, 1.807) is 12.1 Å². The lowest BCUT2D eigenvalue weighted by molar-refractivity contribution is -0.0498. The molecule has 2 aromatic rings. The molecule has 0 aliphatic heterocycles. The lowest BCUT2D eigenvalue weighted by atomic mass is 10.1. The van der Waals surface area contributed by atoms with Crippen molar-refractivity contribution >= 4 is 23.0 Å². The summed E-state index contributed by atoms with van der Waals surface area (Å²) in [5.41, 5.74) is 3.06. The highest BCUT2D eigenvalue weighted by atomic mass is 32.1. The summed E-state index contributed by atoms with van der Waals surface area (Å²) < 4.78 is 28.5. The van der Waals surface area contributed by atoms with Gasteiger partial charge >= 0.3 is 6.61 Å². The van der Waals surface area contributed by atoms with Crippen LogP contribution in [0.15, 0.2) is 48.5 Å². The molecule has 0 fully saturated rings. The van der Waals surface area contributed by atoms with E-state index in [0.717, 1.165) is 12.1 Å². The number of nitrogens with one attached hydrogen (secondary N) is 2. The second-order valence-electron chi connectivity index (χ2n) is 5.76. The molecular formula is C18H21F2N3OS. The lowest BCUT2D eigenvalue weighted by Gasteiger charge is -2.12. The van der Waals surface area contributed by atoms with E-state index in [1.807, 2.05) is 14.1 Å². The minimum absolute atomic E-state index is 0.109. The number of benzene rings is 2. The Balaban J connectivity index is 1.80. The van der Waals surface area contributed by atoms with Crippen LogP contribution in [-0.4, -0.2) is 30.7 Å². The zero-order valence-electron chi connectivity index (χ0n) is 14.1. The van der Waals surface area contributed by atoms with E-state index in [0.29, 0.717) is 17.3 Å². The summed E-state index contributed by atoms with van der Waals surface area (Å²) in [7, 11) is 4.07. The van der Waals surface area contributed by atoms with Gasteiger partial charge in [0, 0.05) is 18.8 Å². The molecule has 0 saturated heterocycles. The molecule has 4 nitrogen and oxygen atoms in total. The molecule has 7 heteroatoms. The van der Waals surface area contributed by atoms with Gasteiger partial charge in [-0.2, -0.15) is 8.78 Å². The highest BCUT2D eigenvalue weighted by molar-refractivity contribution is 7.80. The van der Waals surface area contributed by atoms with Gasteiger partial charge < -0.3 is 20.3 Å². The average molecular weight is 365 g/mol. The van der Waals surface area contributed by atoms with Gasteiger partial charge in [0.25, 0.3) is 0 Å². The van der Waals surface area contributed by atoms with Gasteiger partial charge in [-0.25, -0.2) is 0 Å². The Kier molecular flexibility index (Phi) is 7.09. The number of nitrogens with zero attached hydrogens (tertiary/aromatic N) is 1. The molecule has 0 unspecified atom stereocenters. The molecule has 2 N–H and O–H groups in total. The van der Waals surface area contributed by atoms with Crippen molar-refractivity contribution in [2.24, 2.45) is 0 Å². The molecule has 0 saturated carbocycles. The highest BCUT2D eigenvalue weighted by Gasteiger charge is 2.04. The summed E-state index contributed by atoms with van der Waals surface area (Å²) in [5, 5.41) is 6.57. The van der Waals surface area contributed by atoms with Crippen LogP contribution < -0.4 is 15.4 Å². The third-order valence-corrected chi connectivity index (χ3v) is 3.56. The number of alkyl halides is 2. The van der Waals surface area contributed by atoms with Crippen LogP contribution in [0.4, 0.5) is 14.5 Å². The third-order valence-electron chi connectivity index (χ3n) is 3.31. The minimum Gasteiger partial charge on any atom is -0.435 e. The van der Waals surface area contributed by atoms with Crippen molar-refractivity contribution in [3.63, 3.8) is 0 Å². The van der Waals surface area contributed by atoms with Crippen LogP contribution in [0.5, 0.6) is 5.75 Å². The Labute approximate surface area is 151 Å². The number of hydrogen-bond donors (Lipinski definition) is 2. The van der Waals surface area contributed by atoms with Crippen molar-refractivity contribution in [1.29, 1.82) is 0 Å². The predicted octanol–water partition coefficient (Wildman–Crippen LogP) is 3.84. The second-order valence-corrected chi connectivity index (χ2v) is 6.17. The topological polar surface area (TPSA) is 36.5 Å². The van der Waals surface area contributed by atoms with Crippen LogP contribution >= 0.6 is 12.2 Å². The Bertz CT molecular complexity index is 676. The van der Waals surface area contributed by atoms with Crippen LogP contribution in [0.25, 0.3) is 0 Å². The number of rotatable bonds is 7. The van der Waals surface area contributed by atoms with Gasteiger partial charge in [-0.15, -0.1) is 0 Å². The first-order valence-corrected chi connectivity index (χ1v) is 8.15. The standard InChI is InChI=1S/C18H21F2N3OS/c1-23(2)12-14-5-3-13(4-6-14)11-21-18(25)22-15-7-9-16(10-8-15)24-17(19)20/h3-10,17H,11-12H2,1-2H3,(H2,21,22,25). The van der Waals surface area contributed by atoms with Crippen LogP contribution in [0.3, 0.4) is 0 Å². The summed E-state index contributed by atoms with van der Waals surface area (Å²) in [6, 6.07) is 14.5. The Morgan fingerprint density at radius 1 is 1.04 bits per heavy atom. The van der Waals surface area contributed by atoms with E-state index in [-0.39, 0.29) is 5.75 Å². The number of ether oxygens (including phenoxy) is 1. The molecule has 25 heavy (non-hydrogen) atoms. The Hall–Kier alpha value is -2.25. The molecule has 2 rings (SSSR count). The van der Waals surface area contributed by atoms with Crippen LogP contribution in [0, 0.1) is 0 Å². The summed E-state index contributed by atoms with van der Waals surface area (Å²) in [5.74, 6) is 0.109. The monoisotopic (exact) mass is 365 g/mol. The summed E-state index contributed by atoms with van der Waals surface area (Å²) >= 11 is 5.24. The fourth-order valence-electron chi connectivity index (χ4n) is 2.21. The lowest BCUT2D eigenvalue weighted by Crippen LogP contribution is -2.27. The first-order chi connectivity index (χ1) is 11.9. The van der Waals surface area contributed by atoms with Crippen molar-refractivity contribution in [2.45, 2.75) is 19.7 Å². The highest BCUT2D eigenvalue weighted by Crippen LogP contribution is 2.17. The molecule has 2 aromatic carbocycles. The van der Waals surface area contributed by atoms with Gasteiger partial charge in [0.05, 0.1) is 0 Å². The maximum atomic E-state index is 12.1. The number of thiocarbonyl (C=S) groups is 1. The van der Waals surface area contributed by atoms with Gasteiger partial charge in [-0.3, -0.25) is 0 Å². The SMILES string of the molecule is CN(C)Cc1ccc(CNC(=S)Nc2ccc(OC(F)F)cc2)cc1. The summed E-state index contributed by atoms with van der Waals surface area (Å²) in [4.78, 5) is 2.12. The van der Waals surface area contributed by atoms with Crippen molar-refractivity contribution < 1.29 is 13.5 Å². The molecule has 0 amide bonds. The zero-order valence-corrected chi connectivity index (χ0v) is 14.9. The molecule has 134 valence electrons. The van der Waals surface area contributed by atoms with E-state index in [2.05, 4.69) is 44.5 Å². The fourth-order valence-corrected chi connectivity index (χ4v) is 2.40. The van der Waals surface area contributed by atoms with Crippen LogP contribution in [-0.2, 0) is 13.1 Å². The quantitative estimate of drug-likeness (QED) is 0.729. The first-order valence-electron chi connectivity index (χ1n) is 7.74. The molecule has 0 aliphatic rings. The molecule has 0 heterocycles. The minimum atomic E-state index is -2.83. The molecule has 0 spiro atoms. The van der Waals surface area contributed by atoms with E-state index in [4.69, 9.17) is 12.2 Å².